The van der Waals surface area contributed by atoms with Gasteiger partial charge in [0.05, 0.1) is 4.90 Å². The van der Waals surface area contributed by atoms with E-state index in [1.54, 1.807) is 30.5 Å². The largest absolute Gasteiger partial charge is 0.264 e. The van der Waals surface area contributed by atoms with Crippen LogP contribution in [0.15, 0.2) is 29.2 Å². The highest BCUT2D eigenvalue weighted by atomic mass is 32.2. The number of hydrogen-bond acceptors (Lipinski definition) is 4. The van der Waals surface area contributed by atoms with Gasteiger partial charge in [0, 0.05) is 0 Å². The molecular formula is C9H11NO2S3. The summed E-state index contributed by atoms with van der Waals surface area (Å²) in [5, 5.41) is 0. The Morgan fingerprint density at radius 1 is 1.33 bits per heavy atom. The van der Waals surface area contributed by atoms with Crippen LogP contribution in [0, 0.1) is 6.92 Å². The highest BCUT2D eigenvalue weighted by Crippen LogP contribution is 2.11. The van der Waals surface area contributed by atoms with Crippen LogP contribution < -0.4 is 4.72 Å². The molecule has 0 radical (unpaired) electrons. The van der Waals surface area contributed by atoms with Gasteiger partial charge in [-0.25, -0.2) is 8.42 Å². The summed E-state index contributed by atoms with van der Waals surface area (Å²) in [6.45, 7) is 1.90. The number of nitrogens with one attached hydrogen (secondary N) is 1. The van der Waals surface area contributed by atoms with E-state index >= 15 is 0 Å². The van der Waals surface area contributed by atoms with Gasteiger partial charge >= 0.3 is 0 Å². The predicted molar refractivity (Wildman–Crippen MR) is 67.6 cm³/mol. The minimum atomic E-state index is -3.50. The van der Waals surface area contributed by atoms with Crippen molar-refractivity contribution in [2.24, 2.45) is 0 Å². The molecule has 0 aliphatic heterocycles. The number of thiocarbonyl (C=S) groups is 1. The first-order valence-corrected chi connectivity index (χ1v) is 7.25. The molecule has 0 aliphatic rings. The van der Waals surface area contributed by atoms with Crippen LogP contribution in [0.5, 0.6) is 0 Å². The highest BCUT2D eigenvalue weighted by molar-refractivity contribution is 8.23. The average Bonchev–Trinajstić information content (AvgIpc) is 2.17. The minimum absolute atomic E-state index is 0.226. The average molecular weight is 261 g/mol. The van der Waals surface area contributed by atoms with Crippen LogP contribution in [-0.4, -0.2) is 19.0 Å². The molecule has 0 amide bonds. The van der Waals surface area contributed by atoms with E-state index in [0.29, 0.717) is 0 Å². The van der Waals surface area contributed by atoms with Crippen LogP contribution in [0.3, 0.4) is 0 Å². The third-order valence-corrected chi connectivity index (χ3v) is 4.43. The number of benzene rings is 1. The maximum Gasteiger partial charge on any atom is 0.262 e. The van der Waals surface area contributed by atoms with E-state index in [1.807, 2.05) is 6.92 Å². The summed E-state index contributed by atoms with van der Waals surface area (Å²) in [5.74, 6) is 0. The van der Waals surface area contributed by atoms with E-state index in [-0.39, 0.29) is 9.22 Å². The molecule has 6 heteroatoms. The van der Waals surface area contributed by atoms with Crippen molar-refractivity contribution in [2.75, 3.05) is 6.26 Å². The van der Waals surface area contributed by atoms with Crippen LogP contribution >= 0.6 is 24.0 Å². The van der Waals surface area contributed by atoms with Crippen LogP contribution in [0.25, 0.3) is 0 Å². The molecule has 1 aromatic carbocycles. The van der Waals surface area contributed by atoms with Crippen molar-refractivity contribution in [1.82, 2.24) is 4.72 Å². The lowest BCUT2D eigenvalue weighted by molar-refractivity contribution is 0.593. The van der Waals surface area contributed by atoms with Gasteiger partial charge in [-0.1, -0.05) is 41.7 Å². The van der Waals surface area contributed by atoms with Crippen molar-refractivity contribution < 1.29 is 8.42 Å². The van der Waals surface area contributed by atoms with Crippen molar-refractivity contribution >= 4 is 38.3 Å². The van der Waals surface area contributed by atoms with Crippen LogP contribution in [0.2, 0.25) is 0 Å². The van der Waals surface area contributed by atoms with Crippen molar-refractivity contribution in [3.8, 4) is 0 Å². The van der Waals surface area contributed by atoms with Gasteiger partial charge in [-0.05, 0) is 25.3 Å². The van der Waals surface area contributed by atoms with Crippen molar-refractivity contribution in [1.29, 1.82) is 0 Å². The third kappa shape index (κ3) is 3.48. The SMILES string of the molecule is CSC(=S)NS(=O)(=O)c1ccc(C)cc1. The lowest BCUT2D eigenvalue weighted by Crippen LogP contribution is -2.26. The summed E-state index contributed by atoms with van der Waals surface area (Å²) in [6, 6.07) is 6.61. The lowest BCUT2D eigenvalue weighted by Gasteiger charge is -2.06. The molecule has 0 fully saturated rings. The fraction of sp³-hybridized carbons (Fsp3) is 0.222. The topological polar surface area (TPSA) is 46.2 Å². The van der Waals surface area contributed by atoms with E-state index in [4.69, 9.17) is 12.2 Å². The fourth-order valence-electron chi connectivity index (χ4n) is 0.928. The van der Waals surface area contributed by atoms with Gasteiger partial charge < -0.3 is 0 Å². The molecule has 3 nitrogen and oxygen atoms in total. The van der Waals surface area contributed by atoms with E-state index in [1.165, 1.54) is 11.8 Å². The Labute approximate surface area is 99.3 Å². The van der Waals surface area contributed by atoms with Crippen LogP contribution in [-0.2, 0) is 10.0 Å². The second-order valence-electron chi connectivity index (χ2n) is 2.91. The molecule has 1 rings (SSSR count). The Bertz CT molecular complexity index is 451. The van der Waals surface area contributed by atoms with Crippen LogP contribution in [0.4, 0.5) is 0 Å². The highest BCUT2D eigenvalue weighted by Gasteiger charge is 2.14. The van der Waals surface area contributed by atoms with Gasteiger partial charge in [-0.2, -0.15) is 0 Å². The quantitative estimate of drug-likeness (QED) is 0.826. The lowest BCUT2D eigenvalue weighted by atomic mass is 10.2. The Morgan fingerprint density at radius 3 is 2.33 bits per heavy atom. The van der Waals surface area contributed by atoms with Crippen LogP contribution in [0.1, 0.15) is 5.56 Å². The van der Waals surface area contributed by atoms with Crippen molar-refractivity contribution in [3.05, 3.63) is 29.8 Å². The number of thioether (sulfide) groups is 1. The second-order valence-corrected chi connectivity index (χ2v) is 6.08. The zero-order chi connectivity index (χ0) is 11.5. The molecule has 82 valence electrons. The summed E-state index contributed by atoms with van der Waals surface area (Å²) in [4.78, 5) is 0.226. The second kappa shape index (κ2) is 4.96. The van der Waals surface area contributed by atoms with E-state index < -0.39 is 10.0 Å². The zero-order valence-corrected chi connectivity index (χ0v) is 10.8. The summed E-state index contributed by atoms with van der Waals surface area (Å²) in [5.41, 5.74) is 1.02. The Kier molecular flexibility index (Phi) is 4.12. The Balaban J connectivity index is 2.96. The van der Waals surface area contributed by atoms with Gasteiger partial charge in [-0.3, -0.25) is 4.72 Å². The smallest absolute Gasteiger partial charge is 0.262 e. The number of sulfonamides is 1. The molecule has 0 heterocycles. The molecule has 1 aromatic rings. The van der Waals surface area contributed by atoms with Gasteiger partial charge in [0.25, 0.3) is 10.0 Å². The summed E-state index contributed by atoms with van der Waals surface area (Å²) in [7, 11) is -3.50. The normalized spacial score (nSPS) is 11.1. The molecule has 0 bridgehead atoms. The first-order chi connectivity index (χ1) is 6.95. The minimum Gasteiger partial charge on any atom is -0.264 e. The molecule has 15 heavy (non-hydrogen) atoms. The van der Waals surface area contributed by atoms with E-state index in [2.05, 4.69) is 4.72 Å². The van der Waals surface area contributed by atoms with Gasteiger partial charge in [0.1, 0.15) is 4.32 Å². The van der Waals surface area contributed by atoms with E-state index in [0.717, 1.165) is 5.56 Å². The van der Waals surface area contributed by atoms with E-state index in [9.17, 15) is 8.42 Å². The number of rotatable bonds is 2. The molecule has 0 aromatic heterocycles. The molecule has 0 aliphatic carbocycles. The molecule has 0 saturated heterocycles. The maximum absolute atomic E-state index is 11.7. The maximum atomic E-state index is 11.7. The van der Waals surface area contributed by atoms with Gasteiger partial charge in [0.2, 0.25) is 0 Å². The summed E-state index contributed by atoms with van der Waals surface area (Å²) >= 11 is 5.99. The first kappa shape index (κ1) is 12.5. The first-order valence-electron chi connectivity index (χ1n) is 4.13. The molecule has 0 spiro atoms. The molecule has 0 atom stereocenters. The Morgan fingerprint density at radius 2 is 1.87 bits per heavy atom. The molecule has 1 N–H and O–H groups in total. The monoisotopic (exact) mass is 261 g/mol. The fourth-order valence-corrected chi connectivity index (χ4v) is 2.75. The predicted octanol–water partition coefficient (Wildman–Crippen LogP) is 1.92. The molecular weight excluding hydrogens is 250 g/mol. The van der Waals surface area contributed by atoms with Crippen molar-refractivity contribution in [3.63, 3.8) is 0 Å². The number of aryl methyl sites for hydroxylation is 1. The van der Waals surface area contributed by atoms with Crippen molar-refractivity contribution in [2.45, 2.75) is 11.8 Å². The molecule has 0 saturated carbocycles. The summed E-state index contributed by atoms with van der Waals surface area (Å²) in [6.07, 6.45) is 1.72. The standard InChI is InChI=1S/C9H11NO2S3/c1-7-3-5-8(6-4-7)15(11,12)10-9(13)14-2/h3-6H,1-2H3,(H,10,13). The van der Waals surface area contributed by atoms with Gasteiger partial charge in [0.15, 0.2) is 0 Å². The Hall–Kier alpha value is -0.590. The third-order valence-electron chi connectivity index (χ3n) is 1.73. The molecule has 0 unspecified atom stereocenters. The number of hydrogen-bond donors (Lipinski definition) is 1. The summed E-state index contributed by atoms with van der Waals surface area (Å²) < 4.78 is 26.0. The van der Waals surface area contributed by atoms with Gasteiger partial charge in [-0.15, -0.1) is 0 Å². The zero-order valence-electron chi connectivity index (χ0n) is 8.35.